The molecule has 4 heteroatoms. The fourth-order valence-corrected chi connectivity index (χ4v) is 1.35. The van der Waals surface area contributed by atoms with Gasteiger partial charge in [0.1, 0.15) is 0 Å². The summed E-state index contributed by atoms with van der Waals surface area (Å²) in [5.74, 6) is -0.912. The summed E-state index contributed by atoms with van der Waals surface area (Å²) in [6.07, 6.45) is 1.60. The Hall–Kier alpha value is -0.650. The van der Waals surface area contributed by atoms with E-state index in [0.717, 1.165) is 0 Å². The predicted octanol–water partition coefficient (Wildman–Crippen LogP) is 1.71. The Kier molecular flexibility index (Phi) is 2.81. The SMILES string of the molecule is O=C(O)c1cccnc1CI. The third kappa shape index (κ3) is 1.89. The summed E-state index contributed by atoms with van der Waals surface area (Å²) in [6.45, 7) is 0. The Morgan fingerprint density at radius 1 is 1.73 bits per heavy atom. The zero-order valence-electron chi connectivity index (χ0n) is 5.62. The first kappa shape index (κ1) is 8.45. The highest BCUT2D eigenvalue weighted by atomic mass is 127. The fourth-order valence-electron chi connectivity index (χ4n) is 0.739. The van der Waals surface area contributed by atoms with Crippen LogP contribution in [0.1, 0.15) is 16.1 Å². The number of rotatable bonds is 2. The molecule has 3 nitrogen and oxygen atoms in total. The smallest absolute Gasteiger partial charge is 0.337 e. The zero-order chi connectivity index (χ0) is 8.27. The van der Waals surface area contributed by atoms with E-state index >= 15 is 0 Å². The van der Waals surface area contributed by atoms with Gasteiger partial charge in [0.05, 0.1) is 11.3 Å². The Bertz CT molecular complexity index is 275. The third-order valence-electron chi connectivity index (χ3n) is 1.25. The van der Waals surface area contributed by atoms with E-state index in [1.165, 1.54) is 0 Å². The number of hydrogen-bond donors (Lipinski definition) is 1. The van der Waals surface area contributed by atoms with Crippen molar-refractivity contribution in [3.8, 4) is 0 Å². The molecule has 0 fully saturated rings. The Labute approximate surface area is 77.6 Å². The van der Waals surface area contributed by atoms with Gasteiger partial charge >= 0.3 is 5.97 Å². The number of carboxylic acid groups (broad SMARTS) is 1. The van der Waals surface area contributed by atoms with Crippen LogP contribution in [-0.2, 0) is 4.43 Å². The van der Waals surface area contributed by atoms with Crippen molar-refractivity contribution >= 4 is 28.6 Å². The molecule has 0 aromatic carbocycles. The summed E-state index contributed by atoms with van der Waals surface area (Å²) >= 11 is 2.09. The van der Waals surface area contributed by atoms with Crippen molar-refractivity contribution in [1.29, 1.82) is 0 Å². The Morgan fingerprint density at radius 3 is 2.91 bits per heavy atom. The molecular weight excluding hydrogens is 257 g/mol. The van der Waals surface area contributed by atoms with Crippen molar-refractivity contribution in [1.82, 2.24) is 4.98 Å². The summed E-state index contributed by atoms with van der Waals surface area (Å²) in [6, 6.07) is 3.18. The fraction of sp³-hybridized carbons (Fsp3) is 0.143. The molecule has 0 aliphatic rings. The van der Waals surface area contributed by atoms with Gasteiger partial charge in [0.2, 0.25) is 0 Å². The molecule has 0 radical (unpaired) electrons. The number of aromatic carboxylic acids is 1. The average Bonchev–Trinajstić information content (AvgIpc) is 2.04. The van der Waals surface area contributed by atoms with Crippen LogP contribution in [0.3, 0.4) is 0 Å². The summed E-state index contributed by atoms with van der Waals surface area (Å²) in [5, 5.41) is 8.65. The monoisotopic (exact) mass is 263 g/mol. The standard InChI is InChI=1S/C7H6INO2/c8-4-6-5(7(10)11)2-1-3-9-6/h1-3H,4H2,(H,10,11). The molecule has 1 rings (SSSR count). The first-order chi connectivity index (χ1) is 5.25. The molecule has 0 aliphatic heterocycles. The van der Waals surface area contributed by atoms with Crippen molar-refractivity contribution in [2.45, 2.75) is 4.43 Å². The molecule has 0 spiro atoms. The minimum Gasteiger partial charge on any atom is -0.478 e. The van der Waals surface area contributed by atoms with Crippen molar-refractivity contribution < 1.29 is 9.90 Å². The van der Waals surface area contributed by atoms with Crippen molar-refractivity contribution in [2.24, 2.45) is 0 Å². The molecule has 58 valence electrons. The number of carboxylic acids is 1. The second-order valence-corrected chi connectivity index (χ2v) is 2.70. The minimum atomic E-state index is -0.912. The maximum atomic E-state index is 10.5. The molecule has 0 amide bonds. The molecule has 0 saturated carbocycles. The van der Waals surface area contributed by atoms with Gasteiger partial charge in [-0.15, -0.1) is 0 Å². The van der Waals surface area contributed by atoms with Crippen LogP contribution in [0.15, 0.2) is 18.3 Å². The van der Waals surface area contributed by atoms with Crippen LogP contribution in [0.5, 0.6) is 0 Å². The Morgan fingerprint density at radius 2 is 2.45 bits per heavy atom. The number of nitrogens with zero attached hydrogens (tertiary/aromatic N) is 1. The normalized spacial score (nSPS) is 9.55. The van der Waals surface area contributed by atoms with Crippen molar-refractivity contribution in [2.75, 3.05) is 0 Å². The lowest BCUT2D eigenvalue weighted by molar-refractivity contribution is 0.0695. The van der Waals surface area contributed by atoms with E-state index in [0.29, 0.717) is 15.7 Å². The van der Waals surface area contributed by atoms with Crippen LogP contribution >= 0.6 is 22.6 Å². The van der Waals surface area contributed by atoms with E-state index < -0.39 is 5.97 Å². The molecule has 11 heavy (non-hydrogen) atoms. The van der Waals surface area contributed by atoms with E-state index in [1.807, 2.05) is 0 Å². The number of aromatic nitrogens is 1. The van der Waals surface area contributed by atoms with Crippen LogP contribution in [0.25, 0.3) is 0 Å². The molecule has 0 unspecified atom stereocenters. The quantitative estimate of drug-likeness (QED) is 0.652. The zero-order valence-corrected chi connectivity index (χ0v) is 7.78. The number of pyridine rings is 1. The highest BCUT2D eigenvalue weighted by molar-refractivity contribution is 14.1. The van der Waals surface area contributed by atoms with Crippen molar-refractivity contribution in [3.63, 3.8) is 0 Å². The van der Waals surface area contributed by atoms with Gasteiger partial charge in [0.25, 0.3) is 0 Å². The minimum absolute atomic E-state index is 0.293. The second-order valence-electron chi connectivity index (χ2n) is 1.94. The van der Waals surface area contributed by atoms with E-state index in [-0.39, 0.29) is 0 Å². The highest BCUT2D eigenvalue weighted by Crippen LogP contribution is 2.08. The second kappa shape index (κ2) is 3.66. The Balaban J connectivity index is 3.12. The van der Waals surface area contributed by atoms with E-state index in [4.69, 9.17) is 5.11 Å². The lowest BCUT2D eigenvalue weighted by Gasteiger charge is -1.98. The van der Waals surface area contributed by atoms with Gasteiger partial charge in [-0.2, -0.15) is 0 Å². The van der Waals surface area contributed by atoms with Gasteiger partial charge in [0, 0.05) is 10.6 Å². The van der Waals surface area contributed by atoms with Gasteiger partial charge < -0.3 is 5.11 Å². The maximum Gasteiger partial charge on any atom is 0.337 e. The van der Waals surface area contributed by atoms with E-state index in [2.05, 4.69) is 27.6 Å². The topological polar surface area (TPSA) is 50.2 Å². The van der Waals surface area contributed by atoms with Gasteiger partial charge in [-0.25, -0.2) is 4.79 Å². The van der Waals surface area contributed by atoms with Gasteiger partial charge in [-0.1, -0.05) is 22.6 Å². The lowest BCUT2D eigenvalue weighted by atomic mass is 10.2. The molecule has 1 aromatic rings. The molecule has 1 aromatic heterocycles. The number of alkyl halides is 1. The summed E-state index contributed by atoms with van der Waals surface area (Å²) in [4.78, 5) is 14.5. The average molecular weight is 263 g/mol. The largest absolute Gasteiger partial charge is 0.478 e. The summed E-state index contributed by atoms with van der Waals surface area (Å²) in [5.41, 5.74) is 0.919. The molecule has 0 saturated heterocycles. The summed E-state index contributed by atoms with van der Waals surface area (Å²) in [7, 11) is 0. The van der Waals surface area contributed by atoms with Gasteiger partial charge in [-0.3, -0.25) is 4.98 Å². The first-order valence-corrected chi connectivity index (χ1v) is 4.51. The van der Waals surface area contributed by atoms with Crippen molar-refractivity contribution in [3.05, 3.63) is 29.6 Å². The molecule has 1 heterocycles. The van der Waals surface area contributed by atoms with Crippen LogP contribution in [0, 0.1) is 0 Å². The lowest BCUT2D eigenvalue weighted by Crippen LogP contribution is -2.02. The first-order valence-electron chi connectivity index (χ1n) is 2.99. The molecular formula is C7H6INO2. The van der Waals surface area contributed by atoms with Crippen LogP contribution in [-0.4, -0.2) is 16.1 Å². The molecule has 1 N–H and O–H groups in total. The number of hydrogen-bond acceptors (Lipinski definition) is 2. The van der Waals surface area contributed by atoms with E-state index in [1.54, 1.807) is 18.3 Å². The molecule has 0 atom stereocenters. The van der Waals surface area contributed by atoms with Gasteiger partial charge in [-0.05, 0) is 12.1 Å². The molecule has 0 aliphatic carbocycles. The van der Waals surface area contributed by atoms with Crippen LogP contribution in [0.2, 0.25) is 0 Å². The van der Waals surface area contributed by atoms with Gasteiger partial charge in [0.15, 0.2) is 0 Å². The third-order valence-corrected chi connectivity index (χ3v) is 1.97. The summed E-state index contributed by atoms with van der Waals surface area (Å²) < 4.78 is 0.625. The van der Waals surface area contributed by atoms with Crippen LogP contribution in [0.4, 0.5) is 0 Å². The maximum absolute atomic E-state index is 10.5. The van der Waals surface area contributed by atoms with Crippen LogP contribution < -0.4 is 0 Å². The number of halogens is 1. The molecule has 0 bridgehead atoms. The highest BCUT2D eigenvalue weighted by Gasteiger charge is 2.07. The predicted molar refractivity (Wildman–Crippen MR) is 48.9 cm³/mol. The number of carbonyl (C=O) groups is 1. The van der Waals surface area contributed by atoms with E-state index in [9.17, 15) is 4.79 Å².